The molecule has 2 aromatic carbocycles. The predicted octanol–water partition coefficient (Wildman–Crippen LogP) is 4.65. The monoisotopic (exact) mass is 453 g/mol. The summed E-state index contributed by atoms with van der Waals surface area (Å²) >= 11 is 1.63. The van der Waals surface area contributed by atoms with Crippen LogP contribution < -0.4 is 10.6 Å². The summed E-state index contributed by atoms with van der Waals surface area (Å²) in [6.45, 7) is 6.12. The van der Waals surface area contributed by atoms with Crippen LogP contribution in [0.25, 0.3) is 0 Å². The van der Waals surface area contributed by atoms with Crippen LogP contribution in [0.3, 0.4) is 0 Å². The number of aromatic nitrogens is 2. The van der Waals surface area contributed by atoms with Crippen LogP contribution >= 0.6 is 11.8 Å². The third-order valence-electron chi connectivity index (χ3n) is 5.29. The van der Waals surface area contributed by atoms with Crippen molar-refractivity contribution in [2.45, 2.75) is 32.1 Å². The molecule has 0 bridgehead atoms. The fourth-order valence-corrected chi connectivity index (χ4v) is 3.78. The Bertz CT molecular complexity index is 1160. The number of rotatable bonds is 6. The van der Waals surface area contributed by atoms with Crippen molar-refractivity contribution >= 4 is 29.3 Å². The molecular weight excluding hydrogens is 425 g/mol. The number of anilines is 1. The summed E-state index contributed by atoms with van der Waals surface area (Å²) in [6, 6.07) is 12.3. The van der Waals surface area contributed by atoms with Gasteiger partial charge < -0.3 is 5.32 Å². The highest BCUT2D eigenvalue weighted by atomic mass is 32.2. The number of guanidine groups is 1. The summed E-state index contributed by atoms with van der Waals surface area (Å²) in [5.74, 6) is -0.530. The van der Waals surface area contributed by atoms with Crippen molar-refractivity contribution in [2.24, 2.45) is 12.0 Å². The van der Waals surface area contributed by atoms with E-state index in [1.54, 1.807) is 30.8 Å². The molecule has 0 saturated carbocycles. The molecule has 3 rings (SSSR count). The Morgan fingerprint density at radius 3 is 2.62 bits per heavy atom. The lowest BCUT2D eigenvalue weighted by Crippen LogP contribution is -2.36. The van der Waals surface area contributed by atoms with E-state index in [2.05, 4.69) is 20.7 Å². The lowest BCUT2D eigenvalue weighted by Gasteiger charge is -2.13. The smallest absolute Gasteiger partial charge is 0.258 e. The number of hydrogen-bond acceptors (Lipinski definition) is 4. The molecular formula is C24H28FN5OS. The minimum atomic E-state index is -0.426. The Labute approximate surface area is 192 Å². The SMILES string of the molecule is CSc1cccc(NC(=NCCc2c(C)nn(C)c2C)NC(=O)c2ccc(C)c(F)c2)c1. The summed E-state index contributed by atoms with van der Waals surface area (Å²) in [5, 5.41) is 10.4. The largest absolute Gasteiger partial charge is 0.326 e. The molecule has 0 spiro atoms. The number of halogens is 1. The normalized spacial score (nSPS) is 11.5. The number of nitrogens with zero attached hydrogens (tertiary/aromatic N) is 3. The van der Waals surface area contributed by atoms with Gasteiger partial charge in [-0.05, 0) is 74.9 Å². The van der Waals surface area contributed by atoms with Crippen molar-refractivity contribution in [3.63, 3.8) is 0 Å². The fraction of sp³-hybridized carbons (Fsp3) is 0.292. The van der Waals surface area contributed by atoms with Crippen molar-refractivity contribution in [3.05, 3.63) is 76.4 Å². The van der Waals surface area contributed by atoms with Crippen LogP contribution in [-0.4, -0.2) is 34.4 Å². The van der Waals surface area contributed by atoms with Crippen LogP contribution in [0.2, 0.25) is 0 Å². The van der Waals surface area contributed by atoms with Gasteiger partial charge in [-0.3, -0.25) is 19.8 Å². The highest BCUT2D eigenvalue weighted by Gasteiger charge is 2.13. The highest BCUT2D eigenvalue weighted by molar-refractivity contribution is 7.98. The molecule has 0 aliphatic carbocycles. The third kappa shape index (κ3) is 5.76. The third-order valence-corrected chi connectivity index (χ3v) is 6.01. The van der Waals surface area contributed by atoms with Gasteiger partial charge in [0.05, 0.1) is 5.69 Å². The number of aryl methyl sites for hydroxylation is 3. The molecule has 8 heteroatoms. The fourth-order valence-electron chi connectivity index (χ4n) is 3.32. The maximum atomic E-state index is 13.9. The molecule has 0 radical (unpaired) electrons. The average molecular weight is 454 g/mol. The molecule has 1 heterocycles. The van der Waals surface area contributed by atoms with Gasteiger partial charge in [-0.1, -0.05) is 12.1 Å². The molecule has 1 amide bonds. The second-order valence-corrected chi connectivity index (χ2v) is 8.41. The molecule has 32 heavy (non-hydrogen) atoms. The van der Waals surface area contributed by atoms with E-state index in [9.17, 15) is 9.18 Å². The summed E-state index contributed by atoms with van der Waals surface area (Å²) in [6.07, 6.45) is 2.69. The number of amides is 1. The standard InChI is InChI=1S/C24H28FN5OS/c1-15-9-10-18(13-22(15)25)23(31)28-24(27-19-7-6-8-20(14-19)32-5)26-12-11-21-16(2)29-30(4)17(21)3/h6-10,13-14H,11-12H2,1-5H3,(H2,26,27,28,31). The number of carbonyl (C=O) groups excluding carboxylic acids is 1. The number of hydrogen-bond donors (Lipinski definition) is 2. The number of benzene rings is 2. The summed E-state index contributed by atoms with van der Waals surface area (Å²) in [4.78, 5) is 18.4. The minimum Gasteiger partial charge on any atom is -0.326 e. The van der Waals surface area contributed by atoms with E-state index in [1.807, 2.05) is 56.1 Å². The first-order chi connectivity index (χ1) is 15.3. The van der Waals surface area contributed by atoms with Crippen LogP contribution in [0.4, 0.5) is 10.1 Å². The number of nitrogens with one attached hydrogen (secondary N) is 2. The second-order valence-electron chi connectivity index (χ2n) is 7.53. The van der Waals surface area contributed by atoms with Crippen LogP contribution in [0.15, 0.2) is 52.4 Å². The average Bonchev–Trinajstić information content (AvgIpc) is 3.01. The van der Waals surface area contributed by atoms with Gasteiger partial charge in [0.2, 0.25) is 5.96 Å². The summed E-state index contributed by atoms with van der Waals surface area (Å²) in [5.41, 5.74) is 4.75. The highest BCUT2D eigenvalue weighted by Crippen LogP contribution is 2.19. The number of thioether (sulfide) groups is 1. The molecule has 3 aromatic rings. The summed E-state index contributed by atoms with van der Waals surface area (Å²) < 4.78 is 15.8. The van der Waals surface area contributed by atoms with Gasteiger partial charge in [0.25, 0.3) is 5.91 Å². The van der Waals surface area contributed by atoms with Gasteiger partial charge in [0, 0.05) is 35.4 Å². The van der Waals surface area contributed by atoms with Crippen molar-refractivity contribution in [1.29, 1.82) is 0 Å². The molecule has 168 valence electrons. The summed E-state index contributed by atoms with van der Waals surface area (Å²) in [7, 11) is 1.92. The molecule has 0 atom stereocenters. The van der Waals surface area contributed by atoms with E-state index < -0.39 is 11.7 Å². The van der Waals surface area contributed by atoms with Crippen molar-refractivity contribution in [3.8, 4) is 0 Å². The Hall–Kier alpha value is -3.13. The quantitative estimate of drug-likeness (QED) is 0.324. The van der Waals surface area contributed by atoms with E-state index in [4.69, 9.17) is 0 Å². The van der Waals surface area contributed by atoms with Gasteiger partial charge in [-0.15, -0.1) is 11.8 Å². The molecule has 0 unspecified atom stereocenters. The lowest BCUT2D eigenvalue weighted by atomic mass is 10.1. The Morgan fingerprint density at radius 1 is 1.19 bits per heavy atom. The lowest BCUT2D eigenvalue weighted by molar-refractivity contribution is 0.0976. The van der Waals surface area contributed by atoms with Gasteiger partial charge in [-0.25, -0.2) is 4.39 Å². The van der Waals surface area contributed by atoms with Crippen LogP contribution in [0, 0.1) is 26.6 Å². The molecule has 0 saturated heterocycles. The van der Waals surface area contributed by atoms with E-state index in [0.717, 1.165) is 27.5 Å². The first-order valence-corrected chi connectivity index (χ1v) is 11.5. The number of aliphatic imine (C=N–C) groups is 1. The van der Waals surface area contributed by atoms with E-state index in [-0.39, 0.29) is 5.56 Å². The van der Waals surface area contributed by atoms with Crippen LogP contribution in [0.1, 0.15) is 32.9 Å². The molecule has 6 nitrogen and oxygen atoms in total. The predicted molar refractivity (Wildman–Crippen MR) is 129 cm³/mol. The van der Waals surface area contributed by atoms with Gasteiger partial charge in [0.15, 0.2) is 0 Å². The van der Waals surface area contributed by atoms with Crippen molar-refractivity contribution in [1.82, 2.24) is 15.1 Å². The van der Waals surface area contributed by atoms with E-state index >= 15 is 0 Å². The molecule has 2 N–H and O–H groups in total. The first kappa shape index (κ1) is 23.5. The Morgan fingerprint density at radius 2 is 1.97 bits per heavy atom. The molecule has 0 aliphatic rings. The zero-order chi connectivity index (χ0) is 23.3. The minimum absolute atomic E-state index is 0.236. The number of carbonyl (C=O) groups is 1. The van der Waals surface area contributed by atoms with Crippen LogP contribution in [-0.2, 0) is 13.5 Å². The van der Waals surface area contributed by atoms with Gasteiger partial charge in [0.1, 0.15) is 5.82 Å². The van der Waals surface area contributed by atoms with E-state index in [0.29, 0.717) is 24.5 Å². The first-order valence-electron chi connectivity index (χ1n) is 10.3. The van der Waals surface area contributed by atoms with Crippen molar-refractivity contribution < 1.29 is 9.18 Å². The van der Waals surface area contributed by atoms with Gasteiger partial charge in [-0.2, -0.15) is 5.10 Å². The second kappa shape index (κ2) is 10.5. The Kier molecular flexibility index (Phi) is 7.69. The maximum Gasteiger partial charge on any atom is 0.258 e. The van der Waals surface area contributed by atoms with Gasteiger partial charge >= 0.3 is 0 Å². The Balaban J connectivity index is 1.81. The zero-order valence-electron chi connectivity index (χ0n) is 19.0. The van der Waals surface area contributed by atoms with Crippen molar-refractivity contribution in [2.75, 3.05) is 18.1 Å². The van der Waals surface area contributed by atoms with Crippen LogP contribution in [0.5, 0.6) is 0 Å². The maximum absolute atomic E-state index is 13.9. The van der Waals surface area contributed by atoms with E-state index in [1.165, 1.54) is 6.07 Å². The molecule has 0 fully saturated rings. The topological polar surface area (TPSA) is 71.3 Å². The molecule has 0 aliphatic heterocycles. The molecule has 1 aromatic heterocycles. The zero-order valence-corrected chi connectivity index (χ0v) is 19.8.